The van der Waals surface area contributed by atoms with Gasteiger partial charge in [0.2, 0.25) is 5.95 Å². The molecule has 0 spiro atoms. The molecule has 0 atom stereocenters. The van der Waals surface area contributed by atoms with Crippen molar-refractivity contribution in [3.05, 3.63) is 59.2 Å². The van der Waals surface area contributed by atoms with E-state index in [1.54, 1.807) is 6.92 Å². The zero-order valence-corrected chi connectivity index (χ0v) is 23.8. The van der Waals surface area contributed by atoms with Crippen LogP contribution < -0.4 is 25.6 Å². The van der Waals surface area contributed by atoms with Gasteiger partial charge in [-0.2, -0.15) is 18.2 Å². The monoisotopic (exact) mass is 621 g/mol. The fourth-order valence-corrected chi connectivity index (χ4v) is 4.21. The molecular formula is C28H28F5N7O4. The molecule has 44 heavy (non-hydrogen) atoms. The minimum atomic E-state index is -5.36. The summed E-state index contributed by atoms with van der Waals surface area (Å²) in [7, 11) is 3.63. The lowest BCUT2D eigenvalue weighted by Gasteiger charge is -2.31. The number of esters is 1. The van der Waals surface area contributed by atoms with Gasteiger partial charge in [-0.3, -0.25) is 4.79 Å². The highest BCUT2D eigenvalue weighted by atomic mass is 19.4. The van der Waals surface area contributed by atoms with Gasteiger partial charge >= 0.3 is 18.2 Å². The van der Waals surface area contributed by atoms with Crippen LogP contribution in [0, 0.1) is 11.6 Å². The molecule has 0 unspecified atom stereocenters. The minimum Gasteiger partial charge on any atom is -0.419 e. The second-order valence-corrected chi connectivity index (χ2v) is 9.85. The molecule has 11 nitrogen and oxygen atoms in total. The average molecular weight is 622 g/mol. The molecule has 0 radical (unpaired) electrons. The Labute approximate surface area is 248 Å². The Kier molecular flexibility index (Phi) is 9.62. The Morgan fingerprint density at radius 3 is 2.43 bits per heavy atom. The number of amides is 3. The smallest absolute Gasteiger partial charge is 0.419 e. The van der Waals surface area contributed by atoms with Gasteiger partial charge in [0.15, 0.2) is 5.82 Å². The van der Waals surface area contributed by atoms with Crippen LogP contribution in [-0.4, -0.2) is 72.7 Å². The number of nitrogens with zero attached hydrogens (tertiary/aromatic N) is 4. The van der Waals surface area contributed by atoms with Crippen LogP contribution in [0.4, 0.5) is 44.2 Å². The molecule has 0 aliphatic carbocycles. The number of halogens is 5. The predicted octanol–water partition coefficient (Wildman–Crippen LogP) is 4.36. The maximum absolute atomic E-state index is 14.9. The maximum Gasteiger partial charge on any atom is 0.491 e. The van der Waals surface area contributed by atoms with E-state index in [0.717, 1.165) is 30.3 Å². The summed E-state index contributed by atoms with van der Waals surface area (Å²) in [4.78, 5) is 48.9. The summed E-state index contributed by atoms with van der Waals surface area (Å²) in [6, 6.07) is 5.67. The molecule has 0 saturated heterocycles. The highest BCUT2D eigenvalue weighted by molar-refractivity contribution is 6.02. The summed E-state index contributed by atoms with van der Waals surface area (Å²) in [5.41, 5.74) is -0.843. The highest BCUT2D eigenvalue weighted by Crippen LogP contribution is 2.39. The molecule has 2 aromatic carbocycles. The molecule has 1 aliphatic rings. The number of fused-ring (bicyclic) bond motifs is 1. The summed E-state index contributed by atoms with van der Waals surface area (Å²) < 4.78 is 73.8. The van der Waals surface area contributed by atoms with Gasteiger partial charge in [0.1, 0.15) is 23.1 Å². The fraction of sp³-hybridized carbons (Fsp3) is 0.321. The molecule has 0 saturated carbocycles. The van der Waals surface area contributed by atoms with Crippen LogP contribution in [0.15, 0.2) is 36.4 Å². The number of aromatic nitrogens is 2. The largest absolute Gasteiger partial charge is 0.491 e. The number of alkyl halides is 3. The first-order valence-electron chi connectivity index (χ1n) is 13.3. The van der Waals surface area contributed by atoms with E-state index in [0.29, 0.717) is 24.4 Å². The van der Waals surface area contributed by atoms with Crippen molar-refractivity contribution in [2.75, 3.05) is 43.9 Å². The first-order valence-corrected chi connectivity index (χ1v) is 13.3. The quantitative estimate of drug-likeness (QED) is 0.173. The first kappa shape index (κ1) is 32.1. The Hall–Kier alpha value is -4.86. The van der Waals surface area contributed by atoms with Gasteiger partial charge in [-0.05, 0) is 44.8 Å². The van der Waals surface area contributed by atoms with E-state index in [-0.39, 0.29) is 47.2 Å². The lowest BCUT2D eigenvalue weighted by atomic mass is 10.0. The molecule has 3 N–H and O–H groups in total. The Bertz CT molecular complexity index is 1560. The van der Waals surface area contributed by atoms with E-state index >= 15 is 0 Å². The molecule has 0 bridgehead atoms. The number of hydrogen-bond acceptors (Lipinski definition) is 8. The van der Waals surface area contributed by atoms with Crippen molar-refractivity contribution in [3.63, 3.8) is 0 Å². The Balaban J connectivity index is 1.92. The van der Waals surface area contributed by atoms with Gasteiger partial charge in [0.05, 0.1) is 17.8 Å². The number of likely N-dealkylation sites (N-methyl/N-ethyl adjacent to an activating group) is 1. The molecule has 3 amide bonds. The second kappa shape index (κ2) is 13.2. The normalized spacial score (nSPS) is 12.9. The van der Waals surface area contributed by atoms with E-state index in [2.05, 4.69) is 30.7 Å². The number of ether oxygens (including phenoxy) is 1. The standard InChI is InChI=1S/C28H28F5N7O4/c1-4-10-34-24(41)16-9-8-15(13-20(16)44-25(42)28(31,32)33)21-17-14-36-27(43)40(22-18(29)6-5-7-19(22)30)23(17)38-26(37-21)35-11-12-39(2)3/h5-9,13H,4,10-12,14H2,1-3H3,(H,34,41)(H,36,43)(H,35,37,38). The zero-order chi connectivity index (χ0) is 32.2. The molecule has 1 aromatic heterocycles. The van der Waals surface area contributed by atoms with E-state index in [1.165, 1.54) is 6.07 Å². The molecule has 0 fully saturated rings. The third-order valence-corrected chi connectivity index (χ3v) is 6.29. The van der Waals surface area contributed by atoms with Crippen LogP contribution >= 0.6 is 0 Å². The van der Waals surface area contributed by atoms with E-state index < -0.39 is 47.2 Å². The number of anilines is 3. The maximum atomic E-state index is 14.9. The van der Waals surface area contributed by atoms with Crippen LogP contribution in [-0.2, 0) is 11.3 Å². The Morgan fingerprint density at radius 2 is 1.80 bits per heavy atom. The van der Waals surface area contributed by atoms with Crippen molar-refractivity contribution < 1.29 is 41.1 Å². The molecular weight excluding hydrogens is 593 g/mol. The molecule has 234 valence electrons. The van der Waals surface area contributed by atoms with E-state index in [9.17, 15) is 36.3 Å². The van der Waals surface area contributed by atoms with Gasteiger partial charge in [-0.15, -0.1) is 0 Å². The van der Waals surface area contributed by atoms with Gasteiger partial charge in [0.25, 0.3) is 5.91 Å². The summed E-state index contributed by atoms with van der Waals surface area (Å²) in [6.07, 6.45) is -4.83. The number of rotatable bonds is 10. The lowest BCUT2D eigenvalue weighted by molar-refractivity contribution is -0.189. The van der Waals surface area contributed by atoms with Crippen LogP contribution in [0.25, 0.3) is 11.3 Å². The minimum absolute atomic E-state index is 0.0222. The molecule has 4 rings (SSSR count). The summed E-state index contributed by atoms with van der Waals surface area (Å²) in [5, 5.41) is 7.98. The van der Waals surface area contributed by atoms with Crippen LogP contribution in [0.2, 0.25) is 0 Å². The van der Waals surface area contributed by atoms with Gasteiger partial charge < -0.3 is 25.6 Å². The zero-order valence-electron chi connectivity index (χ0n) is 23.8. The number of benzene rings is 2. The van der Waals surface area contributed by atoms with Gasteiger partial charge in [-0.25, -0.2) is 28.3 Å². The van der Waals surface area contributed by atoms with Crippen LogP contribution in [0.5, 0.6) is 5.75 Å². The molecule has 16 heteroatoms. The van der Waals surface area contributed by atoms with Crippen molar-refractivity contribution in [1.29, 1.82) is 0 Å². The SMILES string of the molecule is CCCNC(=O)c1ccc(-c2nc(NCCN(C)C)nc3c2CNC(=O)N3c2c(F)cccc2F)cc1OC(=O)C(F)(F)F. The predicted molar refractivity (Wildman–Crippen MR) is 150 cm³/mol. The second-order valence-electron chi connectivity index (χ2n) is 9.85. The van der Waals surface area contributed by atoms with E-state index in [4.69, 9.17) is 0 Å². The fourth-order valence-electron chi connectivity index (χ4n) is 4.21. The number of nitrogens with one attached hydrogen (secondary N) is 3. The van der Waals surface area contributed by atoms with Crippen molar-refractivity contribution in [2.45, 2.75) is 26.1 Å². The van der Waals surface area contributed by atoms with Crippen LogP contribution in [0.3, 0.4) is 0 Å². The van der Waals surface area contributed by atoms with Crippen LogP contribution in [0.1, 0.15) is 29.3 Å². The van der Waals surface area contributed by atoms with Gasteiger partial charge in [0, 0.05) is 30.8 Å². The lowest BCUT2D eigenvalue weighted by Crippen LogP contribution is -2.43. The molecule has 2 heterocycles. The molecule has 3 aromatic rings. The molecule has 1 aliphatic heterocycles. The topological polar surface area (TPSA) is 129 Å². The van der Waals surface area contributed by atoms with Crippen molar-refractivity contribution in [2.24, 2.45) is 0 Å². The number of carbonyl (C=O) groups excluding carboxylic acids is 3. The summed E-state index contributed by atoms with van der Waals surface area (Å²) in [5.74, 6) is -6.43. The third-order valence-electron chi connectivity index (χ3n) is 6.29. The number of hydrogen-bond donors (Lipinski definition) is 3. The number of urea groups is 1. The van der Waals surface area contributed by atoms with Crippen molar-refractivity contribution >= 4 is 35.4 Å². The average Bonchev–Trinajstić information content (AvgIpc) is 2.95. The highest BCUT2D eigenvalue weighted by Gasteiger charge is 2.42. The number of carbonyl (C=O) groups is 3. The van der Waals surface area contributed by atoms with E-state index in [1.807, 2.05) is 19.0 Å². The Morgan fingerprint density at radius 1 is 1.09 bits per heavy atom. The summed E-state index contributed by atoms with van der Waals surface area (Å²) in [6.45, 7) is 2.56. The van der Waals surface area contributed by atoms with Gasteiger partial charge in [-0.1, -0.05) is 19.1 Å². The van der Waals surface area contributed by atoms with Crippen molar-refractivity contribution in [3.8, 4) is 17.0 Å². The third kappa shape index (κ3) is 7.02. The number of para-hydroxylation sites is 1. The summed E-state index contributed by atoms with van der Waals surface area (Å²) >= 11 is 0. The van der Waals surface area contributed by atoms with Crippen molar-refractivity contribution in [1.82, 2.24) is 25.5 Å². The first-order chi connectivity index (χ1) is 20.8.